The van der Waals surface area contributed by atoms with Crippen LogP contribution in [0, 0.1) is 6.92 Å². The number of nitrogens with one attached hydrogen (secondary N) is 2. The maximum atomic E-state index is 4.04. The van der Waals surface area contributed by atoms with Crippen LogP contribution in [-0.4, -0.2) is 29.3 Å². The van der Waals surface area contributed by atoms with E-state index >= 15 is 0 Å². The maximum absolute atomic E-state index is 4.04. The Morgan fingerprint density at radius 1 is 1.12 bits per heavy atom. The summed E-state index contributed by atoms with van der Waals surface area (Å²) in [6.07, 6.45) is 8.30. The highest BCUT2D eigenvalue weighted by molar-refractivity contribution is 7.15. The Balaban J connectivity index is 1.59. The summed E-state index contributed by atoms with van der Waals surface area (Å²) in [4.78, 5) is 0. The molecule has 0 atom stereocenters. The van der Waals surface area contributed by atoms with Crippen molar-refractivity contribution >= 4 is 16.5 Å². The molecule has 2 rings (SSSR count). The molecule has 1 aliphatic rings. The second-order valence-electron chi connectivity index (χ2n) is 4.70. The van der Waals surface area contributed by atoms with Crippen LogP contribution in [-0.2, 0) is 0 Å². The normalized spacial score (nSPS) is 17.9. The quantitative estimate of drug-likeness (QED) is 0.626. The van der Waals surface area contributed by atoms with Gasteiger partial charge in [-0.2, -0.15) is 0 Å². The molecule has 0 bridgehead atoms. The Labute approximate surface area is 107 Å². The van der Waals surface area contributed by atoms with Crippen LogP contribution < -0.4 is 10.6 Å². The smallest absolute Gasteiger partial charge is 0.205 e. The molecular weight excluding hydrogens is 232 g/mol. The first-order chi connectivity index (χ1) is 8.34. The fraction of sp³-hybridized carbons (Fsp3) is 0.833. The monoisotopic (exact) mass is 254 g/mol. The molecule has 2 N–H and O–H groups in total. The molecule has 1 aliphatic carbocycles. The van der Waals surface area contributed by atoms with Gasteiger partial charge in [-0.05, 0) is 19.8 Å². The predicted molar refractivity (Wildman–Crippen MR) is 72.6 cm³/mol. The Morgan fingerprint density at radius 2 is 1.88 bits per heavy atom. The summed E-state index contributed by atoms with van der Waals surface area (Å²) in [6.45, 7) is 3.93. The van der Waals surface area contributed by atoms with E-state index in [9.17, 15) is 0 Å². The molecule has 17 heavy (non-hydrogen) atoms. The van der Waals surface area contributed by atoms with Gasteiger partial charge in [-0.25, -0.2) is 0 Å². The van der Waals surface area contributed by atoms with E-state index in [0.717, 1.165) is 29.3 Å². The molecule has 1 fully saturated rings. The molecule has 0 aliphatic heterocycles. The summed E-state index contributed by atoms with van der Waals surface area (Å²) in [5.74, 6) is 0. The minimum Gasteiger partial charge on any atom is -0.359 e. The van der Waals surface area contributed by atoms with Gasteiger partial charge in [0.1, 0.15) is 5.01 Å². The van der Waals surface area contributed by atoms with Crippen molar-refractivity contribution in [3.63, 3.8) is 0 Å². The lowest BCUT2D eigenvalue weighted by Gasteiger charge is -2.15. The van der Waals surface area contributed by atoms with Crippen LogP contribution in [0.15, 0.2) is 0 Å². The van der Waals surface area contributed by atoms with Crippen molar-refractivity contribution in [1.82, 2.24) is 15.5 Å². The average molecular weight is 254 g/mol. The standard InChI is InChI=1S/C12H22N4S/c1-10-15-16-12(17-10)14-9-8-13-11-6-4-2-3-5-7-11/h11,13H,2-9H2,1H3,(H,14,16). The molecule has 0 spiro atoms. The number of rotatable bonds is 5. The van der Waals surface area contributed by atoms with E-state index in [1.807, 2.05) is 6.92 Å². The second-order valence-corrected chi connectivity index (χ2v) is 5.88. The van der Waals surface area contributed by atoms with Crippen LogP contribution in [0.25, 0.3) is 0 Å². The molecule has 0 amide bonds. The fourth-order valence-corrected chi connectivity index (χ4v) is 2.91. The van der Waals surface area contributed by atoms with Crippen molar-refractivity contribution in [2.75, 3.05) is 18.4 Å². The van der Waals surface area contributed by atoms with Crippen LogP contribution in [0.5, 0.6) is 0 Å². The van der Waals surface area contributed by atoms with Gasteiger partial charge in [0.15, 0.2) is 0 Å². The van der Waals surface area contributed by atoms with Crippen molar-refractivity contribution in [1.29, 1.82) is 0 Å². The number of nitrogens with zero attached hydrogens (tertiary/aromatic N) is 2. The fourth-order valence-electron chi connectivity index (χ4n) is 2.30. The van der Waals surface area contributed by atoms with E-state index < -0.39 is 0 Å². The Bertz CT molecular complexity index is 318. The minimum absolute atomic E-state index is 0.732. The minimum atomic E-state index is 0.732. The number of aromatic nitrogens is 2. The van der Waals surface area contributed by atoms with Crippen molar-refractivity contribution in [3.8, 4) is 0 Å². The van der Waals surface area contributed by atoms with Crippen molar-refractivity contribution in [2.45, 2.75) is 51.5 Å². The molecule has 1 aromatic heterocycles. The molecule has 1 heterocycles. The van der Waals surface area contributed by atoms with Gasteiger partial charge in [0, 0.05) is 19.1 Å². The molecule has 5 heteroatoms. The molecule has 96 valence electrons. The summed E-state index contributed by atoms with van der Waals surface area (Å²) < 4.78 is 0. The molecule has 0 unspecified atom stereocenters. The zero-order chi connectivity index (χ0) is 11.9. The van der Waals surface area contributed by atoms with Gasteiger partial charge in [0.05, 0.1) is 0 Å². The zero-order valence-electron chi connectivity index (χ0n) is 10.5. The molecule has 4 nitrogen and oxygen atoms in total. The van der Waals surface area contributed by atoms with Gasteiger partial charge < -0.3 is 10.6 Å². The summed E-state index contributed by atoms with van der Waals surface area (Å²) in [6, 6.07) is 0.732. The van der Waals surface area contributed by atoms with Gasteiger partial charge in [-0.3, -0.25) is 0 Å². The summed E-state index contributed by atoms with van der Waals surface area (Å²) in [5, 5.41) is 16.9. The van der Waals surface area contributed by atoms with E-state index in [2.05, 4.69) is 20.8 Å². The molecule has 0 aromatic carbocycles. The summed E-state index contributed by atoms with van der Waals surface area (Å²) >= 11 is 1.62. The Hall–Kier alpha value is -0.680. The van der Waals surface area contributed by atoms with Gasteiger partial charge in [-0.1, -0.05) is 37.0 Å². The van der Waals surface area contributed by atoms with Gasteiger partial charge in [0.2, 0.25) is 5.13 Å². The van der Waals surface area contributed by atoms with E-state index in [1.165, 1.54) is 38.5 Å². The highest BCUT2D eigenvalue weighted by Crippen LogP contribution is 2.17. The van der Waals surface area contributed by atoms with Gasteiger partial charge in [-0.15, -0.1) is 10.2 Å². The van der Waals surface area contributed by atoms with Crippen molar-refractivity contribution < 1.29 is 0 Å². The van der Waals surface area contributed by atoms with E-state index in [0.29, 0.717) is 0 Å². The molecule has 1 aromatic rings. The molecule has 0 radical (unpaired) electrons. The SMILES string of the molecule is Cc1nnc(NCCNC2CCCCCC2)s1. The van der Waals surface area contributed by atoms with Crippen LogP contribution >= 0.6 is 11.3 Å². The number of anilines is 1. The van der Waals surface area contributed by atoms with Crippen LogP contribution in [0.4, 0.5) is 5.13 Å². The summed E-state index contributed by atoms with van der Waals surface area (Å²) in [5.41, 5.74) is 0. The first-order valence-corrected chi connectivity index (χ1v) is 7.43. The molecule has 0 saturated heterocycles. The molecular formula is C12H22N4S. The number of hydrogen-bond acceptors (Lipinski definition) is 5. The predicted octanol–water partition coefficient (Wildman–Crippen LogP) is 2.57. The van der Waals surface area contributed by atoms with Crippen LogP contribution in [0.2, 0.25) is 0 Å². The maximum Gasteiger partial charge on any atom is 0.205 e. The first-order valence-electron chi connectivity index (χ1n) is 6.62. The van der Waals surface area contributed by atoms with E-state index in [1.54, 1.807) is 11.3 Å². The summed E-state index contributed by atoms with van der Waals surface area (Å²) in [7, 11) is 0. The lowest BCUT2D eigenvalue weighted by molar-refractivity contribution is 0.468. The third-order valence-electron chi connectivity index (χ3n) is 3.22. The number of aryl methyl sites for hydroxylation is 1. The van der Waals surface area contributed by atoms with E-state index in [-0.39, 0.29) is 0 Å². The lowest BCUT2D eigenvalue weighted by atomic mass is 10.1. The van der Waals surface area contributed by atoms with Gasteiger partial charge >= 0.3 is 0 Å². The first kappa shape index (κ1) is 12.8. The Kier molecular flexibility index (Phi) is 5.19. The third kappa shape index (κ3) is 4.60. The van der Waals surface area contributed by atoms with Gasteiger partial charge in [0.25, 0.3) is 0 Å². The van der Waals surface area contributed by atoms with Crippen LogP contribution in [0.1, 0.15) is 43.5 Å². The average Bonchev–Trinajstić information content (AvgIpc) is 2.59. The zero-order valence-corrected chi connectivity index (χ0v) is 11.4. The van der Waals surface area contributed by atoms with E-state index in [4.69, 9.17) is 0 Å². The highest BCUT2D eigenvalue weighted by Gasteiger charge is 2.10. The third-order valence-corrected chi connectivity index (χ3v) is 4.01. The largest absolute Gasteiger partial charge is 0.359 e. The number of hydrogen-bond donors (Lipinski definition) is 2. The lowest BCUT2D eigenvalue weighted by Crippen LogP contribution is -2.32. The van der Waals surface area contributed by atoms with Crippen molar-refractivity contribution in [3.05, 3.63) is 5.01 Å². The topological polar surface area (TPSA) is 49.8 Å². The second kappa shape index (κ2) is 6.91. The molecule has 1 saturated carbocycles. The highest BCUT2D eigenvalue weighted by atomic mass is 32.1. The van der Waals surface area contributed by atoms with Crippen LogP contribution in [0.3, 0.4) is 0 Å². The van der Waals surface area contributed by atoms with Crippen molar-refractivity contribution in [2.24, 2.45) is 0 Å². The Morgan fingerprint density at radius 3 is 2.53 bits per heavy atom.